The van der Waals surface area contributed by atoms with E-state index in [1.165, 1.54) is 23.4 Å². The molecule has 1 heterocycles. The average molecular weight is 318 g/mol. The number of anilines is 2. The van der Waals surface area contributed by atoms with Gasteiger partial charge in [-0.15, -0.1) is 0 Å². The first-order chi connectivity index (χ1) is 11.8. The molecule has 4 rings (SSSR count). The van der Waals surface area contributed by atoms with Gasteiger partial charge in [-0.3, -0.25) is 0 Å². The summed E-state index contributed by atoms with van der Waals surface area (Å²) in [6, 6.07) is 25.9. The summed E-state index contributed by atoms with van der Waals surface area (Å²) in [5.41, 5.74) is 4.71. The van der Waals surface area contributed by atoms with E-state index in [0.29, 0.717) is 0 Å². The summed E-state index contributed by atoms with van der Waals surface area (Å²) in [5, 5.41) is 3.53. The van der Waals surface area contributed by atoms with Gasteiger partial charge in [0.1, 0.15) is 5.82 Å². The molecule has 0 aromatic heterocycles. The van der Waals surface area contributed by atoms with Crippen LogP contribution in [0.1, 0.15) is 17.2 Å². The largest absolute Gasteiger partial charge is 0.381 e. The van der Waals surface area contributed by atoms with Crippen LogP contribution in [0.15, 0.2) is 78.9 Å². The molecule has 0 radical (unpaired) electrons. The number of para-hydroxylation sites is 2. The third-order valence-electron chi connectivity index (χ3n) is 4.53. The molecule has 3 aromatic carbocycles. The van der Waals surface area contributed by atoms with Gasteiger partial charge in [0.15, 0.2) is 0 Å². The standard InChI is InChI=1S/C21H19FN2/c22-18-12-10-16(11-13-18)15-24-20-9-5-4-8-19(20)23-14-21(24)17-6-2-1-3-7-17/h1-13,21,23H,14-15H2. The predicted molar refractivity (Wildman–Crippen MR) is 96.7 cm³/mol. The number of nitrogens with zero attached hydrogens (tertiary/aromatic N) is 1. The van der Waals surface area contributed by atoms with Crippen molar-refractivity contribution in [1.29, 1.82) is 0 Å². The molecule has 1 N–H and O–H groups in total. The monoisotopic (exact) mass is 318 g/mol. The van der Waals surface area contributed by atoms with E-state index in [9.17, 15) is 4.39 Å². The van der Waals surface area contributed by atoms with E-state index >= 15 is 0 Å². The average Bonchev–Trinajstić information content (AvgIpc) is 2.64. The van der Waals surface area contributed by atoms with Crippen LogP contribution in [0.4, 0.5) is 15.8 Å². The lowest BCUT2D eigenvalue weighted by Crippen LogP contribution is -2.37. The molecule has 3 aromatic rings. The number of hydrogen-bond donors (Lipinski definition) is 1. The van der Waals surface area contributed by atoms with Crippen LogP contribution >= 0.6 is 0 Å². The van der Waals surface area contributed by atoms with E-state index in [2.05, 4.69) is 52.7 Å². The van der Waals surface area contributed by atoms with Crippen LogP contribution in [-0.4, -0.2) is 6.54 Å². The zero-order valence-electron chi connectivity index (χ0n) is 13.3. The molecule has 0 saturated heterocycles. The summed E-state index contributed by atoms with van der Waals surface area (Å²) in [6.45, 7) is 1.60. The Morgan fingerprint density at radius 1 is 0.875 bits per heavy atom. The Labute approximate surface area is 141 Å². The molecule has 3 heteroatoms. The first-order valence-corrected chi connectivity index (χ1v) is 8.20. The number of rotatable bonds is 3. The number of halogens is 1. The zero-order chi connectivity index (χ0) is 16.4. The molecule has 1 aliphatic rings. The normalized spacial score (nSPS) is 16.4. The van der Waals surface area contributed by atoms with Crippen LogP contribution in [0, 0.1) is 5.82 Å². The van der Waals surface area contributed by atoms with Crippen LogP contribution < -0.4 is 10.2 Å². The van der Waals surface area contributed by atoms with Crippen LogP contribution in [0.3, 0.4) is 0 Å². The van der Waals surface area contributed by atoms with Gasteiger partial charge in [-0.1, -0.05) is 54.6 Å². The molecule has 0 saturated carbocycles. The summed E-state index contributed by atoms with van der Waals surface area (Å²) < 4.78 is 13.2. The van der Waals surface area contributed by atoms with E-state index in [-0.39, 0.29) is 11.9 Å². The second-order valence-corrected chi connectivity index (χ2v) is 6.08. The SMILES string of the molecule is Fc1ccc(CN2c3ccccc3NCC2c2ccccc2)cc1. The van der Waals surface area contributed by atoms with Crippen molar-refractivity contribution < 1.29 is 4.39 Å². The molecule has 0 amide bonds. The van der Waals surface area contributed by atoms with Crippen molar-refractivity contribution in [3.05, 3.63) is 95.8 Å². The van der Waals surface area contributed by atoms with Gasteiger partial charge < -0.3 is 10.2 Å². The molecule has 1 atom stereocenters. The van der Waals surface area contributed by atoms with Gasteiger partial charge >= 0.3 is 0 Å². The van der Waals surface area contributed by atoms with Gasteiger partial charge in [0, 0.05) is 13.1 Å². The van der Waals surface area contributed by atoms with E-state index in [4.69, 9.17) is 0 Å². The number of fused-ring (bicyclic) bond motifs is 1. The highest BCUT2D eigenvalue weighted by atomic mass is 19.1. The van der Waals surface area contributed by atoms with Gasteiger partial charge in [-0.25, -0.2) is 4.39 Å². The maximum Gasteiger partial charge on any atom is 0.123 e. The maximum absolute atomic E-state index is 13.2. The predicted octanol–water partition coefficient (Wildman–Crippen LogP) is 5.00. The Bertz CT molecular complexity index is 815. The number of nitrogens with one attached hydrogen (secondary N) is 1. The fraction of sp³-hybridized carbons (Fsp3) is 0.143. The van der Waals surface area contributed by atoms with Crippen molar-refractivity contribution in [3.63, 3.8) is 0 Å². The van der Waals surface area contributed by atoms with Gasteiger partial charge in [0.05, 0.1) is 17.4 Å². The minimum absolute atomic E-state index is 0.195. The summed E-state index contributed by atoms with van der Waals surface area (Å²) in [4.78, 5) is 2.40. The summed E-state index contributed by atoms with van der Waals surface area (Å²) in [6.07, 6.45) is 0. The lowest BCUT2D eigenvalue weighted by molar-refractivity contribution is 0.617. The smallest absolute Gasteiger partial charge is 0.123 e. The quantitative estimate of drug-likeness (QED) is 0.731. The summed E-state index contributed by atoms with van der Waals surface area (Å²) in [5.74, 6) is -0.195. The molecular weight excluding hydrogens is 299 g/mol. The highest BCUT2D eigenvalue weighted by Crippen LogP contribution is 2.38. The summed E-state index contributed by atoms with van der Waals surface area (Å²) >= 11 is 0. The molecular formula is C21H19FN2. The van der Waals surface area contributed by atoms with E-state index in [0.717, 1.165) is 24.3 Å². The van der Waals surface area contributed by atoms with Crippen molar-refractivity contribution in [1.82, 2.24) is 0 Å². The molecule has 120 valence electrons. The fourth-order valence-electron chi connectivity index (χ4n) is 3.31. The van der Waals surface area contributed by atoms with E-state index in [1.54, 1.807) is 0 Å². The van der Waals surface area contributed by atoms with Gasteiger partial charge in [0.2, 0.25) is 0 Å². The van der Waals surface area contributed by atoms with Crippen molar-refractivity contribution in [2.75, 3.05) is 16.8 Å². The van der Waals surface area contributed by atoms with Gasteiger partial charge in [0.25, 0.3) is 0 Å². The Balaban J connectivity index is 1.73. The topological polar surface area (TPSA) is 15.3 Å². The number of benzene rings is 3. The van der Waals surface area contributed by atoms with Crippen molar-refractivity contribution in [3.8, 4) is 0 Å². The Morgan fingerprint density at radius 2 is 1.58 bits per heavy atom. The third kappa shape index (κ3) is 2.85. The van der Waals surface area contributed by atoms with E-state index in [1.807, 2.05) is 24.3 Å². The van der Waals surface area contributed by atoms with Crippen molar-refractivity contribution >= 4 is 11.4 Å². The molecule has 1 unspecified atom stereocenters. The first kappa shape index (κ1) is 14.8. The van der Waals surface area contributed by atoms with Crippen LogP contribution in [0.5, 0.6) is 0 Å². The molecule has 1 aliphatic heterocycles. The van der Waals surface area contributed by atoms with Gasteiger partial charge in [-0.05, 0) is 35.4 Å². The van der Waals surface area contributed by atoms with Crippen LogP contribution in [0.2, 0.25) is 0 Å². The molecule has 0 aliphatic carbocycles. The third-order valence-corrected chi connectivity index (χ3v) is 4.53. The first-order valence-electron chi connectivity index (χ1n) is 8.20. The molecule has 2 nitrogen and oxygen atoms in total. The van der Waals surface area contributed by atoms with Crippen molar-refractivity contribution in [2.24, 2.45) is 0 Å². The number of hydrogen-bond acceptors (Lipinski definition) is 2. The minimum atomic E-state index is -0.195. The summed E-state index contributed by atoms with van der Waals surface area (Å²) in [7, 11) is 0. The second-order valence-electron chi connectivity index (χ2n) is 6.08. The van der Waals surface area contributed by atoms with E-state index < -0.39 is 0 Å². The lowest BCUT2D eigenvalue weighted by Gasteiger charge is -2.40. The molecule has 0 spiro atoms. The zero-order valence-corrected chi connectivity index (χ0v) is 13.3. The highest BCUT2D eigenvalue weighted by Gasteiger charge is 2.27. The molecule has 24 heavy (non-hydrogen) atoms. The van der Waals surface area contributed by atoms with Gasteiger partial charge in [-0.2, -0.15) is 0 Å². The lowest BCUT2D eigenvalue weighted by atomic mass is 10.00. The fourth-order valence-corrected chi connectivity index (χ4v) is 3.31. The molecule has 0 fully saturated rings. The Kier molecular flexibility index (Phi) is 3.91. The minimum Gasteiger partial charge on any atom is -0.381 e. The van der Waals surface area contributed by atoms with Crippen LogP contribution in [-0.2, 0) is 6.54 Å². The Hall–Kier alpha value is -2.81. The van der Waals surface area contributed by atoms with Crippen LogP contribution in [0.25, 0.3) is 0 Å². The molecule has 0 bridgehead atoms. The van der Waals surface area contributed by atoms with Crippen molar-refractivity contribution in [2.45, 2.75) is 12.6 Å². The highest BCUT2D eigenvalue weighted by molar-refractivity contribution is 5.73. The second kappa shape index (κ2) is 6.36. The maximum atomic E-state index is 13.2. The Morgan fingerprint density at radius 3 is 2.38 bits per heavy atom.